The first-order valence-corrected chi connectivity index (χ1v) is 16.3. The molecule has 42 heavy (non-hydrogen) atoms. The van der Waals surface area contributed by atoms with Crippen LogP contribution in [0, 0.1) is 0 Å². The minimum atomic E-state index is 0.0340. The number of halogens is 4. The van der Waals surface area contributed by atoms with Gasteiger partial charge in [0.1, 0.15) is 23.3 Å². The summed E-state index contributed by atoms with van der Waals surface area (Å²) < 4.78 is 5.64. The number of hydrogen-bond donors (Lipinski definition) is 4. The van der Waals surface area contributed by atoms with E-state index in [0.29, 0.717) is 17.9 Å². The van der Waals surface area contributed by atoms with Crippen LogP contribution in [0.3, 0.4) is 0 Å². The van der Waals surface area contributed by atoms with Gasteiger partial charge in [0.15, 0.2) is 0 Å². The SMILES string of the molecule is Nc1ccn([C@H]2CC[C@@]3(CNc4ncc(Br)c(Cl)c43)C2)n1.Nc1ccnn1[C@H]1CC[C@@]2(CNc3ncc(Br)c(Cl)c32)C1. The summed E-state index contributed by atoms with van der Waals surface area (Å²) in [5.74, 6) is 3.13. The molecule has 4 aromatic rings. The average Bonchev–Trinajstić information content (AvgIpc) is 3.82. The number of pyridine rings is 2. The molecule has 0 bridgehead atoms. The van der Waals surface area contributed by atoms with Crippen molar-refractivity contribution in [2.45, 2.75) is 61.4 Å². The number of nitrogens with two attached hydrogens (primary N) is 2. The van der Waals surface area contributed by atoms with Crippen LogP contribution in [-0.4, -0.2) is 42.6 Å². The summed E-state index contributed by atoms with van der Waals surface area (Å²) in [5, 5.41) is 17.1. The van der Waals surface area contributed by atoms with Crippen molar-refractivity contribution in [1.82, 2.24) is 29.5 Å². The second-order valence-corrected chi connectivity index (χ2v) is 14.2. The first-order chi connectivity index (χ1) is 20.2. The van der Waals surface area contributed by atoms with E-state index in [2.05, 4.69) is 62.7 Å². The smallest absolute Gasteiger partial charge is 0.145 e. The number of hydrogen-bond acceptors (Lipinski definition) is 8. The van der Waals surface area contributed by atoms with E-state index in [0.717, 1.165) is 99.2 Å². The zero-order valence-electron chi connectivity index (χ0n) is 22.6. The van der Waals surface area contributed by atoms with Gasteiger partial charge in [0.05, 0.1) is 37.3 Å². The van der Waals surface area contributed by atoms with Crippen LogP contribution in [0.4, 0.5) is 23.3 Å². The Balaban J connectivity index is 0.000000137. The number of nitrogens with zero attached hydrogens (tertiary/aromatic N) is 6. The van der Waals surface area contributed by atoms with Gasteiger partial charge in [-0.2, -0.15) is 10.2 Å². The third-order valence-electron chi connectivity index (χ3n) is 9.41. The maximum atomic E-state index is 6.54. The van der Waals surface area contributed by atoms with Crippen LogP contribution in [0.15, 0.2) is 45.9 Å². The van der Waals surface area contributed by atoms with Gasteiger partial charge in [-0.3, -0.25) is 4.68 Å². The maximum absolute atomic E-state index is 6.54. The molecule has 4 aliphatic rings. The second kappa shape index (κ2) is 10.6. The molecule has 0 aromatic carbocycles. The molecule has 10 nitrogen and oxygen atoms in total. The highest BCUT2D eigenvalue weighted by atomic mass is 79.9. The topological polar surface area (TPSA) is 138 Å². The third kappa shape index (κ3) is 4.56. The highest BCUT2D eigenvalue weighted by Gasteiger charge is 2.49. The van der Waals surface area contributed by atoms with Crippen molar-refractivity contribution < 1.29 is 0 Å². The first-order valence-electron chi connectivity index (χ1n) is 14.0. The van der Waals surface area contributed by atoms with Crippen LogP contribution in [-0.2, 0) is 10.8 Å². The van der Waals surface area contributed by atoms with Gasteiger partial charge < -0.3 is 22.1 Å². The summed E-state index contributed by atoms with van der Waals surface area (Å²) in [6, 6.07) is 4.38. The third-order valence-corrected chi connectivity index (χ3v) is 11.9. The molecular weight excluding hydrogens is 707 g/mol. The number of nitrogen functional groups attached to an aromatic ring is 2. The lowest BCUT2D eigenvalue weighted by Gasteiger charge is -2.24. The summed E-state index contributed by atoms with van der Waals surface area (Å²) in [4.78, 5) is 8.91. The summed E-state index contributed by atoms with van der Waals surface area (Å²) in [5.41, 5.74) is 14.1. The zero-order valence-corrected chi connectivity index (χ0v) is 27.3. The number of fused-ring (bicyclic) bond motifs is 4. The number of nitrogens with one attached hydrogen (secondary N) is 2. The molecule has 4 aromatic heterocycles. The van der Waals surface area contributed by atoms with Crippen molar-refractivity contribution in [3.05, 3.63) is 67.0 Å². The van der Waals surface area contributed by atoms with E-state index >= 15 is 0 Å². The van der Waals surface area contributed by atoms with Crippen molar-refractivity contribution >= 4 is 78.3 Å². The van der Waals surface area contributed by atoms with Gasteiger partial charge in [0, 0.05) is 53.6 Å². The van der Waals surface area contributed by atoms with E-state index in [9.17, 15) is 0 Å². The van der Waals surface area contributed by atoms with E-state index < -0.39 is 0 Å². The minimum absolute atomic E-state index is 0.0340. The molecule has 0 saturated heterocycles. The van der Waals surface area contributed by atoms with Crippen molar-refractivity contribution in [3.8, 4) is 0 Å². The molecule has 14 heteroatoms. The van der Waals surface area contributed by atoms with Gasteiger partial charge in [-0.1, -0.05) is 23.2 Å². The summed E-state index contributed by atoms with van der Waals surface area (Å²) in [6.07, 6.45) is 13.5. The molecule has 220 valence electrons. The Morgan fingerprint density at radius 3 is 1.95 bits per heavy atom. The van der Waals surface area contributed by atoms with Crippen molar-refractivity contribution in [2.24, 2.45) is 0 Å². The second-order valence-electron chi connectivity index (χ2n) is 11.8. The number of aromatic nitrogens is 6. The van der Waals surface area contributed by atoms with Gasteiger partial charge >= 0.3 is 0 Å². The highest BCUT2D eigenvalue weighted by Crippen LogP contribution is 2.55. The maximum Gasteiger partial charge on any atom is 0.145 e. The van der Waals surface area contributed by atoms with Crippen LogP contribution in [0.1, 0.15) is 61.7 Å². The molecule has 0 radical (unpaired) electrons. The van der Waals surface area contributed by atoms with E-state index in [4.69, 9.17) is 34.7 Å². The molecule has 4 atom stereocenters. The summed E-state index contributed by atoms with van der Waals surface area (Å²) in [6.45, 7) is 1.77. The molecule has 2 fully saturated rings. The van der Waals surface area contributed by atoms with Crippen LogP contribution in [0.25, 0.3) is 0 Å². The number of anilines is 4. The lowest BCUT2D eigenvalue weighted by molar-refractivity contribution is 0.419. The van der Waals surface area contributed by atoms with E-state index in [-0.39, 0.29) is 10.8 Å². The molecule has 2 saturated carbocycles. The average molecular weight is 737 g/mol. The van der Waals surface area contributed by atoms with Crippen molar-refractivity contribution in [1.29, 1.82) is 0 Å². The Morgan fingerprint density at radius 2 is 1.43 bits per heavy atom. The molecule has 2 aliphatic heterocycles. The molecule has 2 spiro atoms. The standard InChI is InChI=1S/2C14H15BrClN5/c15-9-6-18-13-11(12(9)16)14(7-19-13)3-1-8(5-14)21-4-2-10(17)20-21;15-9-6-18-13-11(12(9)16)14(7-19-13)3-1-8(5-14)21-10(17)2-4-20-21/h2,4,6,8H,1,3,5,7H2,(H2,17,20)(H,18,19);2,4,6,8H,1,3,5,7,17H2,(H,18,19)/t2*8-,14-/m00/s1. The Bertz CT molecular complexity index is 1670. The molecule has 6 N–H and O–H groups in total. The van der Waals surface area contributed by atoms with Gasteiger partial charge in [-0.25, -0.2) is 14.6 Å². The van der Waals surface area contributed by atoms with Gasteiger partial charge in [0.2, 0.25) is 0 Å². The summed E-state index contributed by atoms with van der Waals surface area (Å²) in [7, 11) is 0. The van der Waals surface area contributed by atoms with Gasteiger partial charge in [-0.05, 0) is 82.5 Å². The van der Waals surface area contributed by atoms with Gasteiger partial charge in [-0.15, -0.1) is 0 Å². The van der Waals surface area contributed by atoms with Crippen molar-refractivity contribution in [2.75, 3.05) is 35.2 Å². The minimum Gasteiger partial charge on any atom is -0.384 e. The fraction of sp³-hybridized carbons (Fsp3) is 0.429. The Hall–Kier alpha value is -2.54. The molecule has 0 amide bonds. The molecular formula is C28H30Br2Cl2N10. The number of rotatable bonds is 2. The quantitative estimate of drug-likeness (QED) is 0.178. The van der Waals surface area contributed by atoms with Crippen LogP contribution >= 0.6 is 55.1 Å². The van der Waals surface area contributed by atoms with Crippen molar-refractivity contribution in [3.63, 3.8) is 0 Å². The Morgan fingerprint density at radius 1 is 0.857 bits per heavy atom. The first kappa shape index (κ1) is 28.2. The fourth-order valence-corrected chi connectivity index (χ4v) is 8.72. The van der Waals surface area contributed by atoms with Gasteiger partial charge in [0.25, 0.3) is 0 Å². The predicted molar refractivity (Wildman–Crippen MR) is 173 cm³/mol. The molecule has 6 heterocycles. The monoisotopic (exact) mass is 734 g/mol. The van der Waals surface area contributed by atoms with E-state index in [1.165, 1.54) is 0 Å². The Labute approximate surface area is 270 Å². The summed E-state index contributed by atoms with van der Waals surface area (Å²) >= 11 is 20.0. The largest absolute Gasteiger partial charge is 0.384 e. The van der Waals surface area contributed by atoms with Crippen LogP contribution < -0.4 is 22.1 Å². The molecule has 0 unspecified atom stereocenters. The molecule has 2 aliphatic carbocycles. The predicted octanol–water partition coefficient (Wildman–Crippen LogP) is 6.73. The van der Waals surface area contributed by atoms with Crippen LogP contribution in [0.5, 0.6) is 0 Å². The lowest BCUT2D eigenvalue weighted by Crippen LogP contribution is -2.26. The fourth-order valence-electron chi connectivity index (χ4n) is 7.44. The Kier molecular flexibility index (Phi) is 7.11. The lowest BCUT2D eigenvalue weighted by atomic mass is 9.81. The molecule has 8 rings (SSSR count). The van der Waals surface area contributed by atoms with E-state index in [1.54, 1.807) is 18.6 Å². The zero-order chi connectivity index (χ0) is 29.2. The van der Waals surface area contributed by atoms with Crippen LogP contribution in [0.2, 0.25) is 10.0 Å². The van der Waals surface area contributed by atoms with E-state index in [1.807, 2.05) is 27.7 Å². The highest BCUT2D eigenvalue weighted by molar-refractivity contribution is 9.10. The normalized spacial score (nSPS) is 27.0.